The predicted molar refractivity (Wildman–Crippen MR) is 115 cm³/mol. The second-order valence-corrected chi connectivity index (χ2v) is 7.51. The summed E-state index contributed by atoms with van der Waals surface area (Å²) in [7, 11) is 0. The summed E-state index contributed by atoms with van der Waals surface area (Å²) >= 11 is 0. The summed E-state index contributed by atoms with van der Waals surface area (Å²) in [6.07, 6.45) is 2.46. The third-order valence-electron chi connectivity index (χ3n) is 5.61. The summed E-state index contributed by atoms with van der Waals surface area (Å²) in [6.45, 7) is 2.14. The van der Waals surface area contributed by atoms with E-state index >= 15 is 0 Å². The number of benzene rings is 4. The third-order valence-corrected chi connectivity index (χ3v) is 5.61. The van der Waals surface area contributed by atoms with E-state index in [1.165, 1.54) is 62.9 Å². The topological polar surface area (TPSA) is 0 Å². The molecule has 1 aliphatic carbocycles. The van der Waals surface area contributed by atoms with Gasteiger partial charge in [0.25, 0.3) is 0 Å². The highest BCUT2D eigenvalue weighted by Gasteiger charge is 2.13. The van der Waals surface area contributed by atoms with E-state index in [0.717, 1.165) is 0 Å². The molecule has 4 aromatic carbocycles. The van der Waals surface area contributed by atoms with Crippen molar-refractivity contribution in [2.24, 2.45) is 0 Å². The minimum Gasteiger partial charge on any atom is -0.0614 e. The molecule has 0 radical (unpaired) electrons. The Morgan fingerprint density at radius 3 is 1.41 bits per heavy atom. The molecule has 0 heterocycles. The fourth-order valence-corrected chi connectivity index (χ4v) is 3.96. The highest BCUT2D eigenvalue weighted by atomic mass is 14.2. The molecule has 0 bridgehead atoms. The molecule has 0 unspecified atom stereocenters. The Balaban J connectivity index is 1.53. The van der Waals surface area contributed by atoms with Gasteiger partial charge < -0.3 is 0 Å². The van der Waals surface area contributed by atoms with Crippen molar-refractivity contribution in [3.8, 4) is 33.4 Å². The first-order valence-corrected chi connectivity index (χ1v) is 9.66. The van der Waals surface area contributed by atoms with Crippen molar-refractivity contribution in [2.45, 2.75) is 19.8 Å². The molecule has 0 saturated heterocycles. The molecule has 0 atom stereocenters. The van der Waals surface area contributed by atoms with Gasteiger partial charge in [0.15, 0.2) is 0 Å². The molecule has 0 aliphatic heterocycles. The van der Waals surface area contributed by atoms with Crippen molar-refractivity contribution < 1.29 is 0 Å². The molecular formula is C27H22. The van der Waals surface area contributed by atoms with Gasteiger partial charge in [-0.1, -0.05) is 84.4 Å². The molecule has 0 saturated carbocycles. The third kappa shape index (κ3) is 3.08. The van der Waals surface area contributed by atoms with Gasteiger partial charge in [-0.25, -0.2) is 0 Å². The van der Waals surface area contributed by atoms with E-state index in [1.807, 2.05) is 0 Å². The maximum atomic E-state index is 2.36. The van der Waals surface area contributed by atoms with Crippen LogP contribution in [0.3, 0.4) is 0 Å². The van der Waals surface area contributed by atoms with Crippen LogP contribution in [-0.2, 0) is 12.8 Å². The Labute approximate surface area is 161 Å². The summed E-state index contributed by atoms with van der Waals surface area (Å²) in [6, 6.07) is 33.4. The van der Waals surface area contributed by atoms with Crippen LogP contribution >= 0.6 is 0 Å². The molecular weight excluding hydrogens is 324 g/mol. The van der Waals surface area contributed by atoms with Crippen molar-refractivity contribution in [3.63, 3.8) is 0 Å². The molecule has 0 aromatic heterocycles. The van der Waals surface area contributed by atoms with E-state index in [4.69, 9.17) is 0 Å². The first-order chi connectivity index (χ1) is 13.3. The largest absolute Gasteiger partial charge is 0.0614 e. The summed E-state index contributed by atoms with van der Waals surface area (Å²) in [4.78, 5) is 0. The van der Waals surface area contributed by atoms with Gasteiger partial charge in [-0.15, -0.1) is 0 Å². The molecule has 0 fully saturated rings. The molecule has 0 amide bonds. The monoisotopic (exact) mass is 346 g/mol. The zero-order valence-electron chi connectivity index (χ0n) is 15.6. The van der Waals surface area contributed by atoms with E-state index in [9.17, 15) is 0 Å². The summed E-state index contributed by atoms with van der Waals surface area (Å²) in [5.74, 6) is 0. The first kappa shape index (κ1) is 16.1. The van der Waals surface area contributed by atoms with Gasteiger partial charge in [-0.3, -0.25) is 0 Å². The van der Waals surface area contributed by atoms with Gasteiger partial charge in [-0.2, -0.15) is 0 Å². The second kappa shape index (κ2) is 6.55. The molecule has 130 valence electrons. The summed E-state index contributed by atoms with van der Waals surface area (Å²) in [5, 5.41) is 0. The lowest BCUT2D eigenvalue weighted by atomic mass is 9.86. The highest BCUT2D eigenvalue weighted by molar-refractivity contribution is 5.77. The van der Waals surface area contributed by atoms with Gasteiger partial charge in [0, 0.05) is 0 Å². The van der Waals surface area contributed by atoms with Gasteiger partial charge in [0.05, 0.1) is 0 Å². The predicted octanol–water partition coefficient (Wildman–Crippen LogP) is 7.09. The van der Waals surface area contributed by atoms with Crippen molar-refractivity contribution in [1.82, 2.24) is 0 Å². The van der Waals surface area contributed by atoms with Crippen LogP contribution in [-0.4, -0.2) is 0 Å². The number of rotatable bonds is 3. The molecule has 0 heteroatoms. The molecule has 27 heavy (non-hydrogen) atoms. The molecule has 4 aromatic rings. The van der Waals surface area contributed by atoms with E-state index in [1.54, 1.807) is 0 Å². The second-order valence-electron chi connectivity index (χ2n) is 7.51. The van der Waals surface area contributed by atoms with E-state index in [-0.39, 0.29) is 0 Å². The quantitative estimate of drug-likeness (QED) is 0.371. The Morgan fingerprint density at radius 2 is 0.926 bits per heavy atom. The van der Waals surface area contributed by atoms with Crippen LogP contribution in [0.15, 0.2) is 91.0 Å². The van der Waals surface area contributed by atoms with Crippen LogP contribution < -0.4 is 0 Å². The van der Waals surface area contributed by atoms with E-state index in [0.29, 0.717) is 0 Å². The molecule has 0 spiro atoms. The van der Waals surface area contributed by atoms with Crippen molar-refractivity contribution in [2.75, 3.05) is 0 Å². The average molecular weight is 346 g/mol. The lowest BCUT2D eigenvalue weighted by Gasteiger charge is -2.19. The van der Waals surface area contributed by atoms with Crippen LogP contribution in [0.4, 0.5) is 0 Å². The Bertz CT molecular complexity index is 1130. The van der Waals surface area contributed by atoms with Gasteiger partial charge in [0.2, 0.25) is 0 Å². The Morgan fingerprint density at radius 1 is 0.444 bits per heavy atom. The van der Waals surface area contributed by atoms with Crippen molar-refractivity contribution in [1.29, 1.82) is 0 Å². The number of fused-ring (bicyclic) bond motifs is 1. The first-order valence-electron chi connectivity index (χ1n) is 9.66. The molecule has 5 rings (SSSR count). The number of aryl methyl sites for hydroxylation is 3. The maximum absolute atomic E-state index is 2.36. The van der Waals surface area contributed by atoms with Crippen molar-refractivity contribution in [3.05, 3.63) is 108 Å². The van der Waals surface area contributed by atoms with E-state index in [2.05, 4.69) is 97.9 Å². The fraction of sp³-hybridized carbons (Fsp3) is 0.111. The summed E-state index contributed by atoms with van der Waals surface area (Å²) < 4.78 is 0. The van der Waals surface area contributed by atoms with Crippen LogP contribution in [0.1, 0.15) is 16.7 Å². The minimum atomic E-state index is 1.22. The van der Waals surface area contributed by atoms with Crippen LogP contribution in [0, 0.1) is 6.92 Å². The van der Waals surface area contributed by atoms with Gasteiger partial charge in [-0.05, 0) is 76.4 Å². The van der Waals surface area contributed by atoms with Gasteiger partial charge in [0.1, 0.15) is 0 Å². The Hall–Kier alpha value is -3.12. The van der Waals surface area contributed by atoms with Gasteiger partial charge >= 0.3 is 0 Å². The van der Waals surface area contributed by atoms with Crippen LogP contribution in [0.25, 0.3) is 33.4 Å². The highest BCUT2D eigenvalue weighted by Crippen LogP contribution is 2.32. The zero-order valence-corrected chi connectivity index (χ0v) is 15.6. The minimum absolute atomic E-state index is 1.22. The smallest absolute Gasteiger partial charge is 0.0178 e. The Kier molecular flexibility index (Phi) is 3.90. The lowest BCUT2D eigenvalue weighted by Crippen LogP contribution is -2.07. The summed E-state index contributed by atoms with van der Waals surface area (Å²) in [5.41, 5.74) is 12.0. The average Bonchev–Trinajstić information content (AvgIpc) is 2.69. The normalized spacial score (nSPS) is 12.3. The maximum Gasteiger partial charge on any atom is -0.0178 e. The van der Waals surface area contributed by atoms with Crippen molar-refractivity contribution >= 4 is 0 Å². The number of hydrogen-bond acceptors (Lipinski definition) is 0. The molecule has 0 nitrogen and oxygen atoms in total. The standard InChI is InChI=1S/C27H22/c1-19-5-2-6-21(15-19)22-7-3-8-23(16-22)24-9-4-10-25(17-24)27-14-12-20-11-13-26(20)18-27/h2-10,12,14-18H,11,13H2,1H3. The molecule has 0 N–H and O–H groups in total. The fourth-order valence-electron chi connectivity index (χ4n) is 3.96. The van der Waals surface area contributed by atoms with E-state index < -0.39 is 0 Å². The van der Waals surface area contributed by atoms with Crippen LogP contribution in [0.5, 0.6) is 0 Å². The number of hydrogen-bond donors (Lipinski definition) is 0. The molecule has 1 aliphatic rings. The SMILES string of the molecule is Cc1cccc(-c2cccc(-c3cccc(-c4ccc5c(c4)CC5)c3)c2)c1. The lowest BCUT2D eigenvalue weighted by molar-refractivity contribution is 0.840. The van der Waals surface area contributed by atoms with Crippen LogP contribution in [0.2, 0.25) is 0 Å². The zero-order chi connectivity index (χ0) is 18.2.